The van der Waals surface area contributed by atoms with Crippen LogP contribution in [-0.4, -0.2) is 24.7 Å². The molecule has 2 bridgehead atoms. The predicted molar refractivity (Wildman–Crippen MR) is 78.5 cm³/mol. The lowest BCUT2D eigenvalue weighted by molar-refractivity contribution is 0.0893. The molecular formula is C16H16FNO3S. The van der Waals surface area contributed by atoms with E-state index < -0.39 is 32.1 Å². The number of fused-ring (bicyclic) bond motifs is 2. The fourth-order valence-electron chi connectivity index (χ4n) is 3.65. The van der Waals surface area contributed by atoms with Gasteiger partial charge in [-0.2, -0.15) is 5.26 Å². The Bertz CT molecular complexity index is 746. The third-order valence-electron chi connectivity index (χ3n) is 4.76. The highest BCUT2D eigenvalue weighted by Gasteiger charge is 2.46. The van der Waals surface area contributed by atoms with E-state index in [0.717, 1.165) is 18.6 Å². The number of benzene rings is 1. The molecule has 2 unspecified atom stereocenters. The van der Waals surface area contributed by atoms with Crippen LogP contribution < -0.4 is 0 Å². The quantitative estimate of drug-likeness (QED) is 0.785. The van der Waals surface area contributed by atoms with Crippen molar-refractivity contribution in [3.63, 3.8) is 0 Å². The Labute approximate surface area is 128 Å². The van der Waals surface area contributed by atoms with Crippen molar-refractivity contribution in [1.29, 1.82) is 5.26 Å². The van der Waals surface area contributed by atoms with Crippen LogP contribution in [0.15, 0.2) is 18.2 Å². The second kappa shape index (κ2) is 5.47. The first-order valence-electron chi connectivity index (χ1n) is 7.39. The summed E-state index contributed by atoms with van der Waals surface area (Å²) in [5, 5.41) is 7.98. The molecule has 0 radical (unpaired) electrons. The molecule has 6 heteroatoms. The molecule has 0 saturated carbocycles. The molecule has 1 aromatic carbocycles. The van der Waals surface area contributed by atoms with E-state index >= 15 is 0 Å². The average molecular weight is 321 g/mol. The molecule has 2 saturated heterocycles. The molecule has 2 aliphatic heterocycles. The molecule has 2 heterocycles. The molecule has 0 aliphatic carbocycles. The zero-order valence-corrected chi connectivity index (χ0v) is 12.8. The molecule has 0 amide bonds. The second-order valence-electron chi connectivity index (χ2n) is 6.14. The molecule has 0 spiro atoms. The van der Waals surface area contributed by atoms with Crippen molar-refractivity contribution in [3.05, 3.63) is 35.1 Å². The fraction of sp³-hybridized carbons (Fsp3) is 0.500. The number of hydrogen-bond donors (Lipinski definition) is 0. The third-order valence-corrected chi connectivity index (χ3v) is 7.47. The maximum Gasteiger partial charge on any atom is 0.166 e. The standard InChI is InChI=1S/C16H16FNO3S/c17-13-5-10(9-18)4-11(6-13)16(19)12-7-14-2-1-3-15(8-12)22(14,20)21/h4-6,12,14-15H,1-3,7-8H2. The van der Waals surface area contributed by atoms with Crippen LogP contribution in [0.2, 0.25) is 0 Å². The maximum absolute atomic E-state index is 13.5. The first kappa shape index (κ1) is 15.2. The summed E-state index contributed by atoms with van der Waals surface area (Å²) in [6, 6.07) is 5.42. The molecule has 1 aromatic rings. The summed E-state index contributed by atoms with van der Waals surface area (Å²) in [5.41, 5.74) is 0.269. The monoisotopic (exact) mass is 321 g/mol. The number of hydrogen-bond acceptors (Lipinski definition) is 4. The van der Waals surface area contributed by atoms with Gasteiger partial charge in [-0.1, -0.05) is 6.42 Å². The van der Waals surface area contributed by atoms with E-state index in [9.17, 15) is 17.6 Å². The van der Waals surface area contributed by atoms with Gasteiger partial charge in [0.1, 0.15) is 5.82 Å². The first-order chi connectivity index (χ1) is 10.4. The van der Waals surface area contributed by atoms with E-state index in [1.54, 1.807) is 0 Å². The van der Waals surface area contributed by atoms with Gasteiger partial charge in [-0.25, -0.2) is 12.8 Å². The van der Waals surface area contributed by atoms with E-state index in [2.05, 4.69) is 0 Å². The minimum Gasteiger partial charge on any atom is -0.294 e. The van der Waals surface area contributed by atoms with Crippen LogP contribution in [0, 0.1) is 23.1 Å². The summed E-state index contributed by atoms with van der Waals surface area (Å²) >= 11 is 0. The molecule has 4 nitrogen and oxygen atoms in total. The third kappa shape index (κ3) is 2.54. The van der Waals surface area contributed by atoms with Crippen molar-refractivity contribution in [3.8, 4) is 6.07 Å². The fourth-order valence-corrected chi connectivity index (χ4v) is 6.19. The number of ketones is 1. The van der Waals surface area contributed by atoms with Crippen molar-refractivity contribution in [2.24, 2.45) is 5.92 Å². The molecule has 0 aromatic heterocycles. The van der Waals surface area contributed by atoms with Gasteiger partial charge >= 0.3 is 0 Å². The number of carbonyl (C=O) groups excluding carboxylic acids is 1. The zero-order chi connectivity index (χ0) is 15.9. The van der Waals surface area contributed by atoms with Gasteiger partial charge in [0.05, 0.1) is 22.1 Å². The van der Waals surface area contributed by atoms with E-state index in [4.69, 9.17) is 5.26 Å². The highest BCUT2D eigenvalue weighted by Crippen LogP contribution is 2.40. The molecule has 3 rings (SSSR count). The van der Waals surface area contributed by atoms with Crippen LogP contribution in [0.25, 0.3) is 0 Å². The van der Waals surface area contributed by atoms with Crippen LogP contribution in [0.1, 0.15) is 48.0 Å². The number of nitrogens with zero attached hydrogens (tertiary/aromatic N) is 1. The number of halogens is 1. The summed E-state index contributed by atoms with van der Waals surface area (Å²) in [7, 11) is -3.11. The number of nitriles is 1. The van der Waals surface area contributed by atoms with Crippen molar-refractivity contribution >= 4 is 15.6 Å². The van der Waals surface area contributed by atoms with Crippen molar-refractivity contribution in [2.45, 2.75) is 42.6 Å². The topological polar surface area (TPSA) is 75.0 Å². The van der Waals surface area contributed by atoms with Crippen molar-refractivity contribution in [1.82, 2.24) is 0 Å². The Morgan fingerprint density at radius 3 is 2.41 bits per heavy atom. The zero-order valence-electron chi connectivity index (χ0n) is 12.0. The molecule has 2 atom stereocenters. The Morgan fingerprint density at radius 1 is 1.18 bits per heavy atom. The molecule has 2 fully saturated rings. The van der Waals surface area contributed by atoms with Gasteiger partial charge in [0.15, 0.2) is 15.6 Å². The van der Waals surface area contributed by atoms with Crippen LogP contribution in [0.5, 0.6) is 0 Å². The number of Topliss-reactive ketones (excluding diaryl/α,β-unsaturated/α-hetero) is 1. The van der Waals surface area contributed by atoms with Gasteiger partial charge < -0.3 is 0 Å². The van der Waals surface area contributed by atoms with Crippen LogP contribution in [-0.2, 0) is 9.84 Å². The Balaban J connectivity index is 1.88. The van der Waals surface area contributed by atoms with E-state index in [-0.39, 0.29) is 16.9 Å². The lowest BCUT2D eigenvalue weighted by Crippen LogP contribution is -2.45. The molecule has 2 aliphatic rings. The molecule has 116 valence electrons. The molecule has 0 N–H and O–H groups in total. The number of carbonyl (C=O) groups is 1. The van der Waals surface area contributed by atoms with Gasteiger partial charge in [-0.05, 0) is 43.9 Å². The number of sulfone groups is 1. The van der Waals surface area contributed by atoms with Gasteiger partial charge in [-0.3, -0.25) is 4.79 Å². The van der Waals surface area contributed by atoms with Crippen molar-refractivity contribution in [2.75, 3.05) is 0 Å². The summed E-state index contributed by atoms with van der Waals surface area (Å²) in [5.74, 6) is -1.26. The van der Waals surface area contributed by atoms with Gasteiger partial charge in [0.25, 0.3) is 0 Å². The minimum absolute atomic E-state index is 0.104. The smallest absolute Gasteiger partial charge is 0.166 e. The van der Waals surface area contributed by atoms with Crippen LogP contribution >= 0.6 is 0 Å². The Kier molecular flexibility index (Phi) is 3.77. The average Bonchev–Trinajstić information content (AvgIpc) is 2.44. The lowest BCUT2D eigenvalue weighted by Gasteiger charge is -2.38. The minimum atomic E-state index is -3.11. The lowest BCUT2D eigenvalue weighted by atomic mass is 9.84. The Hall–Kier alpha value is -1.74. The second-order valence-corrected chi connectivity index (χ2v) is 8.65. The predicted octanol–water partition coefficient (Wildman–Crippen LogP) is 2.63. The summed E-state index contributed by atoms with van der Waals surface area (Å²) in [6.45, 7) is 0. The SMILES string of the molecule is N#Cc1cc(F)cc(C(=O)C2CC3CCCC(C2)S3(=O)=O)c1. The summed E-state index contributed by atoms with van der Waals surface area (Å²) < 4.78 is 38.0. The van der Waals surface area contributed by atoms with Crippen LogP contribution in [0.4, 0.5) is 4.39 Å². The first-order valence-corrected chi connectivity index (χ1v) is 9.00. The number of rotatable bonds is 2. The van der Waals surface area contributed by atoms with Gasteiger partial charge in [0.2, 0.25) is 0 Å². The van der Waals surface area contributed by atoms with Gasteiger partial charge in [-0.15, -0.1) is 0 Å². The molecular weight excluding hydrogens is 305 g/mol. The van der Waals surface area contributed by atoms with Gasteiger partial charge in [0, 0.05) is 11.5 Å². The van der Waals surface area contributed by atoms with Crippen LogP contribution in [0.3, 0.4) is 0 Å². The van der Waals surface area contributed by atoms with Crippen molar-refractivity contribution < 1.29 is 17.6 Å². The summed E-state index contributed by atoms with van der Waals surface area (Å²) in [4.78, 5) is 12.6. The largest absolute Gasteiger partial charge is 0.294 e. The maximum atomic E-state index is 13.5. The van der Waals surface area contributed by atoms with E-state index in [0.29, 0.717) is 25.7 Å². The van der Waals surface area contributed by atoms with E-state index in [1.165, 1.54) is 6.07 Å². The van der Waals surface area contributed by atoms with E-state index in [1.807, 2.05) is 6.07 Å². The normalized spacial score (nSPS) is 29.5. The Morgan fingerprint density at radius 2 is 1.82 bits per heavy atom. The summed E-state index contributed by atoms with van der Waals surface area (Å²) in [6.07, 6.45) is 2.73. The highest BCUT2D eigenvalue weighted by atomic mass is 32.2. The highest BCUT2D eigenvalue weighted by molar-refractivity contribution is 7.92. The molecule has 22 heavy (non-hydrogen) atoms.